The van der Waals surface area contributed by atoms with E-state index in [0.29, 0.717) is 18.0 Å². The Hall–Kier alpha value is -1.82. The number of nitrogens with one attached hydrogen (secondary N) is 2. The van der Waals surface area contributed by atoms with Crippen LogP contribution in [-0.4, -0.2) is 44.2 Å². The van der Waals surface area contributed by atoms with Gasteiger partial charge in [-0.1, -0.05) is 6.92 Å². The second kappa shape index (κ2) is 9.47. The number of unbranched alkanes of at least 4 members (excludes halogenated alkanes) is 1. The summed E-state index contributed by atoms with van der Waals surface area (Å²) >= 11 is 0. The van der Waals surface area contributed by atoms with E-state index in [1.165, 1.54) is 51.2 Å². The van der Waals surface area contributed by atoms with E-state index in [-0.39, 0.29) is 6.03 Å². The molecule has 134 valence electrons. The number of piperidine rings is 1. The first-order valence-electron chi connectivity index (χ1n) is 8.69. The summed E-state index contributed by atoms with van der Waals surface area (Å²) in [4.78, 5) is 14.4. The maximum Gasteiger partial charge on any atom is 0.319 e. The molecule has 0 aromatic heterocycles. The lowest BCUT2D eigenvalue weighted by atomic mass is 10.0. The van der Waals surface area contributed by atoms with Crippen LogP contribution in [0, 0.1) is 11.7 Å². The summed E-state index contributed by atoms with van der Waals surface area (Å²) < 4.78 is 18.2. The first kappa shape index (κ1) is 18.5. The van der Waals surface area contributed by atoms with Gasteiger partial charge in [0.2, 0.25) is 0 Å². The zero-order valence-electron chi connectivity index (χ0n) is 14.6. The Morgan fingerprint density at radius 2 is 2.25 bits per heavy atom. The molecule has 0 unspecified atom stereocenters. The third-order valence-electron chi connectivity index (χ3n) is 4.34. The number of amides is 2. The van der Waals surface area contributed by atoms with Gasteiger partial charge in [-0.25, -0.2) is 9.18 Å². The highest BCUT2D eigenvalue weighted by Crippen LogP contribution is 2.24. The van der Waals surface area contributed by atoms with Gasteiger partial charge >= 0.3 is 6.03 Å². The number of carbonyl (C=O) groups is 1. The van der Waals surface area contributed by atoms with Crippen LogP contribution in [-0.2, 0) is 0 Å². The largest absolute Gasteiger partial charge is 0.494 e. The highest BCUT2D eigenvalue weighted by atomic mass is 19.1. The van der Waals surface area contributed by atoms with Crippen LogP contribution in [0.2, 0.25) is 0 Å². The molecule has 1 heterocycles. The zero-order valence-corrected chi connectivity index (χ0v) is 14.6. The number of likely N-dealkylation sites (tertiary alicyclic amines) is 1. The first-order valence-corrected chi connectivity index (χ1v) is 8.69. The van der Waals surface area contributed by atoms with Crippen LogP contribution >= 0.6 is 0 Å². The van der Waals surface area contributed by atoms with Crippen molar-refractivity contribution in [2.45, 2.75) is 32.6 Å². The van der Waals surface area contributed by atoms with Gasteiger partial charge in [-0.05, 0) is 56.8 Å². The van der Waals surface area contributed by atoms with Crippen LogP contribution in [0.3, 0.4) is 0 Å². The van der Waals surface area contributed by atoms with E-state index in [1.807, 2.05) is 0 Å². The molecule has 1 saturated heterocycles. The fourth-order valence-corrected chi connectivity index (χ4v) is 3.09. The molecule has 1 aliphatic rings. The fraction of sp³-hybridized carbons (Fsp3) is 0.611. The van der Waals surface area contributed by atoms with Crippen molar-refractivity contribution in [1.29, 1.82) is 0 Å². The summed E-state index contributed by atoms with van der Waals surface area (Å²) in [7, 11) is 1.44. The van der Waals surface area contributed by atoms with Crippen LogP contribution in [0.15, 0.2) is 18.2 Å². The van der Waals surface area contributed by atoms with Crippen molar-refractivity contribution < 1.29 is 13.9 Å². The topological polar surface area (TPSA) is 53.6 Å². The number of ether oxygens (including phenoxy) is 1. The van der Waals surface area contributed by atoms with Crippen LogP contribution < -0.4 is 15.4 Å². The number of halogens is 1. The molecule has 0 radical (unpaired) electrons. The average molecular weight is 337 g/mol. The third kappa shape index (κ3) is 6.00. The van der Waals surface area contributed by atoms with Crippen molar-refractivity contribution in [3.8, 4) is 5.75 Å². The number of nitrogens with zero attached hydrogens (tertiary/aromatic N) is 1. The summed E-state index contributed by atoms with van der Waals surface area (Å²) in [6.45, 7) is 6.42. The van der Waals surface area contributed by atoms with Crippen molar-refractivity contribution in [2.75, 3.05) is 38.6 Å². The molecule has 2 N–H and O–H groups in total. The number of carbonyl (C=O) groups excluding carboxylic acids is 1. The van der Waals surface area contributed by atoms with Gasteiger partial charge in [0.15, 0.2) is 0 Å². The third-order valence-corrected chi connectivity index (χ3v) is 4.34. The van der Waals surface area contributed by atoms with Crippen molar-refractivity contribution >= 4 is 11.7 Å². The quantitative estimate of drug-likeness (QED) is 0.749. The molecule has 0 bridgehead atoms. The maximum absolute atomic E-state index is 13.1. The number of methoxy groups -OCH3 is 1. The van der Waals surface area contributed by atoms with Crippen LogP contribution in [0.25, 0.3) is 0 Å². The lowest BCUT2D eigenvalue weighted by molar-refractivity contribution is 0.181. The Balaban J connectivity index is 1.63. The standard InChI is InChI=1S/C18H28FN3O2/c1-14-6-5-11-22(13-14)10-4-3-9-20-18(23)21-16-8-7-15(19)12-17(16)24-2/h7-8,12,14H,3-6,9-11,13H2,1-2H3,(H2,20,21,23)/t14-/m1/s1. The van der Waals surface area contributed by atoms with Crippen molar-refractivity contribution in [3.05, 3.63) is 24.0 Å². The van der Waals surface area contributed by atoms with Gasteiger partial charge in [0.25, 0.3) is 0 Å². The average Bonchev–Trinajstić information content (AvgIpc) is 2.56. The molecule has 2 rings (SSSR count). The Labute approximate surface area is 143 Å². The second-order valence-electron chi connectivity index (χ2n) is 6.48. The Morgan fingerprint density at radius 3 is 3.00 bits per heavy atom. The Kier molecular flexibility index (Phi) is 7.31. The minimum Gasteiger partial charge on any atom is -0.494 e. The molecule has 24 heavy (non-hydrogen) atoms. The predicted molar refractivity (Wildman–Crippen MR) is 94.0 cm³/mol. The molecule has 1 fully saturated rings. The predicted octanol–water partition coefficient (Wildman–Crippen LogP) is 3.47. The molecule has 1 atom stereocenters. The molecule has 6 heteroatoms. The van der Waals surface area contributed by atoms with Crippen molar-refractivity contribution in [3.63, 3.8) is 0 Å². The van der Waals surface area contributed by atoms with Crippen LogP contribution in [0.4, 0.5) is 14.9 Å². The van der Waals surface area contributed by atoms with Gasteiger partial charge in [-0.3, -0.25) is 0 Å². The molecule has 1 aliphatic heterocycles. The maximum atomic E-state index is 13.1. The van der Waals surface area contributed by atoms with Crippen molar-refractivity contribution in [2.24, 2.45) is 5.92 Å². The van der Waals surface area contributed by atoms with E-state index in [2.05, 4.69) is 22.5 Å². The Morgan fingerprint density at radius 1 is 1.42 bits per heavy atom. The number of hydrogen-bond donors (Lipinski definition) is 2. The second-order valence-corrected chi connectivity index (χ2v) is 6.48. The fourth-order valence-electron chi connectivity index (χ4n) is 3.09. The normalized spacial score (nSPS) is 18.2. The number of hydrogen-bond acceptors (Lipinski definition) is 3. The smallest absolute Gasteiger partial charge is 0.319 e. The molecular weight excluding hydrogens is 309 g/mol. The molecule has 5 nitrogen and oxygen atoms in total. The van der Waals surface area contributed by atoms with E-state index in [0.717, 1.165) is 25.3 Å². The van der Waals surface area contributed by atoms with Gasteiger partial charge < -0.3 is 20.3 Å². The molecular formula is C18H28FN3O2. The van der Waals surface area contributed by atoms with Gasteiger partial charge in [-0.15, -0.1) is 0 Å². The van der Waals surface area contributed by atoms with E-state index >= 15 is 0 Å². The van der Waals surface area contributed by atoms with E-state index in [9.17, 15) is 9.18 Å². The monoisotopic (exact) mass is 337 g/mol. The summed E-state index contributed by atoms with van der Waals surface area (Å²) in [6.07, 6.45) is 4.65. The lowest BCUT2D eigenvalue weighted by Gasteiger charge is -2.30. The Bertz CT molecular complexity index is 539. The number of urea groups is 1. The number of anilines is 1. The minimum absolute atomic E-state index is 0.300. The molecule has 1 aromatic carbocycles. The molecule has 1 aromatic rings. The lowest BCUT2D eigenvalue weighted by Crippen LogP contribution is -2.35. The highest BCUT2D eigenvalue weighted by molar-refractivity contribution is 5.90. The van der Waals surface area contributed by atoms with Crippen LogP contribution in [0.1, 0.15) is 32.6 Å². The summed E-state index contributed by atoms with van der Waals surface area (Å²) in [6, 6.07) is 3.73. The highest BCUT2D eigenvalue weighted by Gasteiger charge is 2.15. The van der Waals surface area contributed by atoms with E-state index in [4.69, 9.17) is 4.74 Å². The summed E-state index contributed by atoms with van der Waals surface area (Å²) in [5, 5.41) is 5.51. The van der Waals surface area contributed by atoms with Gasteiger partial charge in [0, 0.05) is 19.2 Å². The zero-order chi connectivity index (χ0) is 17.4. The summed E-state index contributed by atoms with van der Waals surface area (Å²) in [5.41, 5.74) is 0.457. The minimum atomic E-state index is -0.398. The van der Waals surface area contributed by atoms with E-state index < -0.39 is 5.82 Å². The van der Waals surface area contributed by atoms with Crippen molar-refractivity contribution in [1.82, 2.24) is 10.2 Å². The molecule has 0 saturated carbocycles. The molecule has 2 amide bonds. The van der Waals surface area contributed by atoms with Gasteiger partial charge in [0.05, 0.1) is 12.8 Å². The SMILES string of the molecule is COc1cc(F)ccc1NC(=O)NCCCCN1CCC[C@@H](C)C1. The molecule has 0 spiro atoms. The molecule has 0 aliphatic carbocycles. The number of benzene rings is 1. The summed E-state index contributed by atoms with van der Waals surface area (Å²) in [5.74, 6) is 0.711. The van der Waals surface area contributed by atoms with Gasteiger partial charge in [-0.2, -0.15) is 0 Å². The van der Waals surface area contributed by atoms with Gasteiger partial charge in [0.1, 0.15) is 11.6 Å². The number of rotatable bonds is 7. The first-order chi connectivity index (χ1) is 11.6. The van der Waals surface area contributed by atoms with Crippen LogP contribution in [0.5, 0.6) is 5.75 Å². The van der Waals surface area contributed by atoms with E-state index in [1.54, 1.807) is 0 Å².